The lowest BCUT2D eigenvalue weighted by Gasteiger charge is -2.32. The predicted molar refractivity (Wildman–Crippen MR) is 62.9 cm³/mol. The lowest BCUT2D eigenvalue weighted by molar-refractivity contribution is 0.0508. The van der Waals surface area contributed by atoms with E-state index in [0.29, 0.717) is 24.0 Å². The summed E-state index contributed by atoms with van der Waals surface area (Å²) in [6.07, 6.45) is 3.83. The average Bonchev–Trinajstić information content (AvgIpc) is 2.57. The monoisotopic (exact) mass is 247 g/mol. The third kappa shape index (κ3) is 2.76. The van der Waals surface area contributed by atoms with Gasteiger partial charge in [-0.25, -0.2) is 8.42 Å². The van der Waals surface area contributed by atoms with E-state index >= 15 is 0 Å². The molecule has 0 saturated carbocycles. The highest BCUT2D eigenvalue weighted by atomic mass is 32.2. The maximum Gasteiger partial charge on any atom is 0.150 e. The normalized spacial score (nSPS) is 35.3. The highest BCUT2D eigenvalue weighted by Crippen LogP contribution is 2.39. The van der Waals surface area contributed by atoms with Crippen LogP contribution in [0.3, 0.4) is 0 Å². The third-order valence-electron chi connectivity index (χ3n) is 3.97. The lowest BCUT2D eigenvalue weighted by Crippen LogP contribution is -2.35. The van der Waals surface area contributed by atoms with E-state index < -0.39 is 9.84 Å². The van der Waals surface area contributed by atoms with Gasteiger partial charge in [0.25, 0.3) is 0 Å². The third-order valence-corrected chi connectivity index (χ3v) is 5.84. The molecule has 2 aliphatic heterocycles. The smallest absolute Gasteiger partial charge is 0.150 e. The summed E-state index contributed by atoms with van der Waals surface area (Å²) in [5, 5.41) is 0. The molecule has 0 aromatic rings. The van der Waals surface area contributed by atoms with Crippen LogP contribution in [0.25, 0.3) is 0 Å². The Morgan fingerprint density at radius 2 is 2.00 bits per heavy atom. The van der Waals surface area contributed by atoms with Crippen LogP contribution in [0.5, 0.6) is 0 Å². The molecule has 2 N–H and O–H groups in total. The maximum atomic E-state index is 11.6. The first-order valence-electron chi connectivity index (χ1n) is 6.04. The van der Waals surface area contributed by atoms with Crippen LogP contribution < -0.4 is 5.73 Å². The van der Waals surface area contributed by atoms with Gasteiger partial charge in [-0.1, -0.05) is 0 Å². The number of ether oxygens (including phenoxy) is 1. The Morgan fingerprint density at radius 3 is 2.50 bits per heavy atom. The second-order valence-corrected chi connectivity index (χ2v) is 7.49. The van der Waals surface area contributed by atoms with Gasteiger partial charge in [0.15, 0.2) is 9.84 Å². The molecular weight excluding hydrogens is 226 g/mol. The second kappa shape index (κ2) is 4.63. The van der Waals surface area contributed by atoms with Gasteiger partial charge in [-0.3, -0.25) is 0 Å². The topological polar surface area (TPSA) is 69.4 Å². The molecule has 0 aromatic carbocycles. The fraction of sp³-hybridized carbons (Fsp3) is 1.00. The predicted octanol–water partition coefficient (Wildman–Crippen LogP) is 0.567. The molecule has 2 saturated heterocycles. The van der Waals surface area contributed by atoms with E-state index in [-0.39, 0.29) is 5.41 Å². The van der Waals surface area contributed by atoms with E-state index in [4.69, 9.17) is 10.5 Å². The summed E-state index contributed by atoms with van der Waals surface area (Å²) in [6, 6.07) is 0. The van der Waals surface area contributed by atoms with Crippen molar-refractivity contribution >= 4 is 9.84 Å². The van der Waals surface area contributed by atoms with E-state index in [1.165, 1.54) is 0 Å². The van der Waals surface area contributed by atoms with Gasteiger partial charge in [0.05, 0.1) is 11.5 Å². The molecule has 16 heavy (non-hydrogen) atoms. The van der Waals surface area contributed by atoms with Crippen molar-refractivity contribution in [2.75, 3.05) is 31.3 Å². The molecule has 1 atom stereocenters. The molecule has 2 fully saturated rings. The Morgan fingerprint density at radius 1 is 1.31 bits per heavy atom. The minimum absolute atomic E-state index is 0.138. The first-order chi connectivity index (χ1) is 7.55. The SMILES string of the molecule is NCC1(CC2CCOCC2)CCS(=O)(=O)C1. The zero-order valence-corrected chi connectivity index (χ0v) is 10.5. The Hall–Kier alpha value is -0.130. The Labute approximate surface area is 97.5 Å². The molecule has 0 radical (unpaired) electrons. The van der Waals surface area contributed by atoms with Crippen LogP contribution >= 0.6 is 0 Å². The summed E-state index contributed by atoms with van der Waals surface area (Å²) >= 11 is 0. The van der Waals surface area contributed by atoms with Gasteiger partial charge in [0.1, 0.15) is 0 Å². The summed E-state index contributed by atoms with van der Waals surface area (Å²) in [4.78, 5) is 0. The van der Waals surface area contributed by atoms with Gasteiger partial charge in [0.2, 0.25) is 0 Å². The first kappa shape index (κ1) is 12.3. The minimum Gasteiger partial charge on any atom is -0.381 e. The second-order valence-electron chi connectivity index (χ2n) is 5.31. The molecule has 2 aliphatic rings. The van der Waals surface area contributed by atoms with Crippen LogP contribution in [0.2, 0.25) is 0 Å². The highest BCUT2D eigenvalue weighted by Gasteiger charge is 2.42. The van der Waals surface area contributed by atoms with Crippen LogP contribution in [0, 0.1) is 11.3 Å². The van der Waals surface area contributed by atoms with E-state index in [9.17, 15) is 8.42 Å². The Kier molecular flexibility index (Phi) is 3.56. The fourth-order valence-electron chi connectivity index (χ4n) is 2.95. The highest BCUT2D eigenvalue weighted by molar-refractivity contribution is 7.91. The zero-order chi connectivity index (χ0) is 11.6. The summed E-state index contributed by atoms with van der Waals surface area (Å²) in [5.41, 5.74) is 5.67. The van der Waals surface area contributed by atoms with Gasteiger partial charge in [-0.15, -0.1) is 0 Å². The number of hydrogen-bond donors (Lipinski definition) is 1. The van der Waals surface area contributed by atoms with Crippen LogP contribution in [-0.2, 0) is 14.6 Å². The quantitative estimate of drug-likeness (QED) is 0.791. The van der Waals surface area contributed by atoms with Gasteiger partial charge >= 0.3 is 0 Å². The van der Waals surface area contributed by atoms with Gasteiger partial charge in [-0.2, -0.15) is 0 Å². The standard InChI is InChI=1S/C11H21NO3S/c12-8-11(3-6-16(13,14)9-11)7-10-1-4-15-5-2-10/h10H,1-9,12H2. The molecule has 5 heteroatoms. The van der Waals surface area contributed by atoms with E-state index in [2.05, 4.69) is 0 Å². The van der Waals surface area contributed by atoms with Crippen molar-refractivity contribution in [1.29, 1.82) is 0 Å². The van der Waals surface area contributed by atoms with Crippen molar-refractivity contribution in [3.8, 4) is 0 Å². The molecule has 0 aliphatic carbocycles. The van der Waals surface area contributed by atoms with Crippen molar-refractivity contribution < 1.29 is 13.2 Å². The maximum absolute atomic E-state index is 11.6. The minimum atomic E-state index is -2.83. The summed E-state index contributed by atoms with van der Waals surface area (Å²) in [5.74, 6) is 1.23. The molecular formula is C11H21NO3S. The summed E-state index contributed by atoms with van der Waals surface area (Å²) in [7, 11) is -2.83. The number of sulfone groups is 1. The number of rotatable bonds is 3. The van der Waals surface area contributed by atoms with Crippen molar-refractivity contribution in [2.24, 2.45) is 17.1 Å². The molecule has 2 rings (SSSR count). The van der Waals surface area contributed by atoms with Crippen molar-refractivity contribution in [3.05, 3.63) is 0 Å². The van der Waals surface area contributed by atoms with E-state index in [0.717, 1.165) is 38.9 Å². The molecule has 0 spiro atoms. The van der Waals surface area contributed by atoms with Gasteiger partial charge in [0, 0.05) is 13.2 Å². The summed E-state index contributed by atoms with van der Waals surface area (Å²) in [6.45, 7) is 2.14. The van der Waals surface area contributed by atoms with Crippen LogP contribution in [0.15, 0.2) is 0 Å². The molecule has 0 amide bonds. The van der Waals surface area contributed by atoms with Crippen molar-refractivity contribution in [1.82, 2.24) is 0 Å². The largest absolute Gasteiger partial charge is 0.381 e. The number of nitrogens with two attached hydrogens (primary N) is 1. The molecule has 94 valence electrons. The number of hydrogen-bond acceptors (Lipinski definition) is 4. The lowest BCUT2D eigenvalue weighted by atomic mass is 9.76. The molecule has 2 heterocycles. The Bertz CT molecular complexity index is 335. The Balaban J connectivity index is 1.99. The first-order valence-corrected chi connectivity index (χ1v) is 7.86. The van der Waals surface area contributed by atoms with E-state index in [1.807, 2.05) is 0 Å². The zero-order valence-electron chi connectivity index (χ0n) is 9.65. The van der Waals surface area contributed by atoms with Crippen LogP contribution in [0.1, 0.15) is 25.7 Å². The van der Waals surface area contributed by atoms with Crippen LogP contribution in [0.4, 0.5) is 0 Å². The molecule has 0 bridgehead atoms. The van der Waals surface area contributed by atoms with Crippen molar-refractivity contribution in [2.45, 2.75) is 25.7 Å². The average molecular weight is 247 g/mol. The van der Waals surface area contributed by atoms with Crippen LogP contribution in [-0.4, -0.2) is 39.7 Å². The summed E-state index contributed by atoms with van der Waals surface area (Å²) < 4.78 is 28.5. The van der Waals surface area contributed by atoms with Gasteiger partial charge in [-0.05, 0) is 43.6 Å². The molecule has 0 aromatic heterocycles. The fourth-order valence-corrected chi connectivity index (χ4v) is 5.15. The molecule has 4 nitrogen and oxygen atoms in total. The van der Waals surface area contributed by atoms with E-state index in [1.54, 1.807) is 0 Å². The molecule has 1 unspecified atom stereocenters. The van der Waals surface area contributed by atoms with Crippen molar-refractivity contribution in [3.63, 3.8) is 0 Å². The van der Waals surface area contributed by atoms with Gasteiger partial charge < -0.3 is 10.5 Å².